The van der Waals surface area contributed by atoms with Gasteiger partial charge in [0.15, 0.2) is 5.13 Å². The van der Waals surface area contributed by atoms with E-state index in [2.05, 4.69) is 9.88 Å². The Balaban J connectivity index is 1.34. The number of nitrogens with zero attached hydrogens (tertiary/aromatic N) is 3. The van der Waals surface area contributed by atoms with Gasteiger partial charge in [-0.15, -0.1) is 0 Å². The van der Waals surface area contributed by atoms with Gasteiger partial charge in [-0.05, 0) is 42.8 Å². The van der Waals surface area contributed by atoms with E-state index in [-0.39, 0.29) is 11.0 Å². The van der Waals surface area contributed by atoms with Gasteiger partial charge in [0.25, 0.3) is 0 Å². The van der Waals surface area contributed by atoms with Gasteiger partial charge < -0.3 is 9.64 Å². The molecule has 0 unspecified atom stereocenters. The summed E-state index contributed by atoms with van der Waals surface area (Å²) < 4.78 is 33.8. The molecule has 1 saturated heterocycles. The summed E-state index contributed by atoms with van der Waals surface area (Å²) in [6.45, 7) is 5.96. The molecular weight excluding hydrogens is 446 g/mol. The van der Waals surface area contributed by atoms with Gasteiger partial charge in [0.1, 0.15) is 6.10 Å². The number of hydrogen-bond donors (Lipinski definition) is 0. The van der Waals surface area contributed by atoms with E-state index < -0.39 is 16.0 Å². The van der Waals surface area contributed by atoms with Crippen molar-refractivity contribution in [3.63, 3.8) is 0 Å². The van der Waals surface area contributed by atoms with E-state index in [0.717, 1.165) is 28.2 Å². The number of esters is 1. The van der Waals surface area contributed by atoms with Crippen molar-refractivity contribution < 1.29 is 17.9 Å². The van der Waals surface area contributed by atoms with E-state index in [0.29, 0.717) is 31.7 Å². The molecule has 7 nitrogen and oxygen atoms in total. The third-order valence-corrected chi connectivity index (χ3v) is 8.60. The van der Waals surface area contributed by atoms with Gasteiger partial charge in [-0.1, -0.05) is 43.7 Å². The lowest BCUT2D eigenvalue weighted by Gasteiger charge is -2.38. The average Bonchev–Trinajstić information content (AvgIpc) is 3.19. The van der Waals surface area contributed by atoms with Crippen molar-refractivity contribution in [1.82, 2.24) is 9.29 Å². The Morgan fingerprint density at radius 3 is 2.53 bits per heavy atom. The Morgan fingerprint density at radius 2 is 1.88 bits per heavy atom. The maximum Gasteiger partial charge on any atom is 0.338 e. The van der Waals surface area contributed by atoms with Gasteiger partial charge in [0.2, 0.25) is 10.0 Å². The zero-order valence-electron chi connectivity index (χ0n) is 18.2. The molecule has 1 aliphatic rings. The lowest BCUT2D eigenvalue weighted by molar-refractivity contribution is 0.0234. The lowest BCUT2D eigenvalue weighted by atomic mass is 10.2. The predicted octanol–water partition coefficient (Wildman–Crippen LogP) is 4.15. The third-order valence-electron chi connectivity index (χ3n) is 5.52. The summed E-state index contributed by atoms with van der Waals surface area (Å²) in [6.07, 6.45) is 1.53. The first-order valence-corrected chi connectivity index (χ1v) is 13.1. The van der Waals surface area contributed by atoms with Gasteiger partial charge in [-0.3, -0.25) is 0 Å². The number of unbranched alkanes of at least 4 members (excludes halogenated alkanes) is 1. The monoisotopic (exact) mass is 473 g/mol. The molecule has 4 rings (SSSR count). The van der Waals surface area contributed by atoms with E-state index in [1.54, 1.807) is 11.3 Å². The van der Waals surface area contributed by atoms with Crippen molar-refractivity contribution in [3.05, 3.63) is 54.1 Å². The minimum atomic E-state index is -3.56. The smallest absolute Gasteiger partial charge is 0.338 e. The molecule has 0 saturated carbocycles. The zero-order chi connectivity index (χ0) is 22.7. The number of hydrogen-bond acceptors (Lipinski definition) is 7. The number of sulfonamides is 1. The van der Waals surface area contributed by atoms with Crippen LogP contribution >= 0.6 is 11.3 Å². The number of fused-ring (bicyclic) bond motifs is 1. The first kappa shape index (κ1) is 22.7. The normalized spacial score (nSPS) is 14.7. The minimum absolute atomic E-state index is 0.192. The van der Waals surface area contributed by atoms with Gasteiger partial charge in [0, 0.05) is 13.1 Å². The second-order valence-electron chi connectivity index (χ2n) is 7.77. The largest absolute Gasteiger partial charge is 0.455 e. The Bertz CT molecular complexity index is 1150. The average molecular weight is 474 g/mol. The van der Waals surface area contributed by atoms with Crippen LogP contribution in [0.4, 0.5) is 5.13 Å². The topological polar surface area (TPSA) is 79.8 Å². The fourth-order valence-electron chi connectivity index (χ4n) is 3.58. The fraction of sp³-hybridized carbons (Fsp3) is 0.391. The van der Waals surface area contributed by atoms with Crippen LogP contribution in [0.5, 0.6) is 0 Å². The highest BCUT2D eigenvalue weighted by molar-refractivity contribution is 7.89. The lowest BCUT2D eigenvalue weighted by Crippen LogP contribution is -2.53. The molecule has 0 N–H and O–H groups in total. The summed E-state index contributed by atoms with van der Waals surface area (Å²) in [7, 11) is -3.56. The van der Waals surface area contributed by atoms with E-state index >= 15 is 0 Å². The van der Waals surface area contributed by atoms with Crippen LogP contribution < -0.4 is 4.90 Å². The molecule has 170 valence electrons. The fourth-order valence-corrected chi connectivity index (χ4v) is 6.05. The van der Waals surface area contributed by atoms with Crippen LogP contribution in [0.3, 0.4) is 0 Å². The molecule has 0 amide bonds. The van der Waals surface area contributed by atoms with Gasteiger partial charge in [0.05, 0.1) is 33.8 Å². The number of ether oxygens (including phenoxy) is 1. The number of anilines is 1. The third kappa shape index (κ3) is 4.65. The molecule has 3 aromatic rings. The van der Waals surface area contributed by atoms with Crippen molar-refractivity contribution in [3.8, 4) is 0 Å². The molecule has 32 heavy (non-hydrogen) atoms. The van der Waals surface area contributed by atoms with Crippen molar-refractivity contribution in [2.24, 2.45) is 0 Å². The SMILES string of the molecule is CCCCN(CC)S(=O)(=O)c1ccc(C(=O)OC2CN(c3nc4ccccc4s3)C2)cc1. The Labute approximate surface area is 192 Å². The molecule has 1 aliphatic heterocycles. The Kier molecular flexibility index (Phi) is 6.78. The van der Waals surface area contributed by atoms with Crippen LogP contribution in [0.2, 0.25) is 0 Å². The number of benzene rings is 2. The summed E-state index contributed by atoms with van der Waals surface area (Å²) in [5, 5.41) is 0.927. The summed E-state index contributed by atoms with van der Waals surface area (Å²) in [5.41, 5.74) is 1.32. The van der Waals surface area contributed by atoms with Crippen LogP contribution in [0.25, 0.3) is 10.2 Å². The molecule has 0 aliphatic carbocycles. The van der Waals surface area contributed by atoms with E-state index in [9.17, 15) is 13.2 Å². The molecule has 2 heterocycles. The minimum Gasteiger partial charge on any atom is -0.455 e. The van der Waals surface area contributed by atoms with Crippen LogP contribution in [0.1, 0.15) is 37.0 Å². The first-order valence-electron chi connectivity index (χ1n) is 10.8. The highest BCUT2D eigenvalue weighted by Gasteiger charge is 2.32. The number of thiazole rings is 1. The van der Waals surface area contributed by atoms with Crippen molar-refractivity contribution >= 4 is 42.7 Å². The molecule has 1 aromatic heterocycles. The van der Waals surface area contributed by atoms with Crippen LogP contribution in [0, 0.1) is 0 Å². The highest BCUT2D eigenvalue weighted by Crippen LogP contribution is 2.32. The van der Waals surface area contributed by atoms with Gasteiger partial charge >= 0.3 is 5.97 Å². The number of rotatable bonds is 9. The quantitative estimate of drug-likeness (QED) is 0.434. The predicted molar refractivity (Wildman–Crippen MR) is 127 cm³/mol. The highest BCUT2D eigenvalue weighted by atomic mass is 32.2. The van der Waals surface area contributed by atoms with Gasteiger partial charge in [-0.2, -0.15) is 4.31 Å². The summed E-state index contributed by atoms with van der Waals surface area (Å²) >= 11 is 1.62. The van der Waals surface area contributed by atoms with Crippen LogP contribution in [-0.4, -0.2) is 56.0 Å². The van der Waals surface area contributed by atoms with E-state index in [1.807, 2.05) is 38.1 Å². The van der Waals surface area contributed by atoms with Crippen LogP contribution in [0.15, 0.2) is 53.4 Å². The molecule has 0 atom stereocenters. The Hall–Kier alpha value is -2.49. The molecule has 0 bridgehead atoms. The molecule has 1 fully saturated rings. The first-order chi connectivity index (χ1) is 15.4. The van der Waals surface area contributed by atoms with E-state index in [4.69, 9.17) is 4.74 Å². The molecular formula is C23H27N3O4S2. The zero-order valence-corrected chi connectivity index (χ0v) is 19.9. The second-order valence-corrected chi connectivity index (χ2v) is 10.7. The molecule has 0 spiro atoms. The van der Waals surface area contributed by atoms with E-state index in [1.165, 1.54) is 28.6 Å². The van der Waals surface area contributed by atoms with Crippen LogP contribution in [-0.2, 0) is 14.8 Å². The molecule has 2 aromatic carbocycles. The summed E-state index contributed by atoms with van der Waals surface area (Å²) in [6, 6.07) is 14.0. The van der Waals surface area contributed by atoms with Gasteiger partial charge in [-0.25, -0.2) is 18.2 Å². The maximum absolute atomic E-state index is 12.8. The second kappa shape index (κ2) is 9.56. The molecule has 9 heteroatoms. The summed E-state index contributed by atoms with van der Waals surface area (Å²) in [4.78, 5) is 19.4. The van der Waals surface area contributed by atoms with Crippen molar-refractivity contribution in [2.45, 2.75) is 37.7 Å². The van der Waals surface area contributed by atoms with Crippen molar-refractivity contribution in [1.29, 1.82) is 0 Å². The number of aromatic nitrogens is 1. The number of carbonyl (C=O) groups is 1. The summed E-state index contributed by atoms with van der Waals surface area (Å²) in [5.74, 6) is -0.443. The Morgan fingerprint density at radius 1 is 1.16 bits per heavy atom. The molecule has 0 radical (unpaired) electrons. The number of para-hydroxylation sites is 1. The maximum atomic E-state index is 12.8. The van der Waals surface area contributed by atoms with Crippen molar-refractivity contribution in [2.75, 3.05) is 31.1 Å². The number of carbonyl (C=O) groups excluding carboxylic acids is 1. The standard InChI is InChI=1S/C23H27N3O4S2/c1-3-5-14-26(4-2)32(28,29)19-12-10-17(11-13-19)22(27)30-18-15-25(16-18)23-24-20-8-6-7-9-21(20)31-23/h6-13,18H,3-5,14-16H2,1-2H3.